The van der Waals surface area contributed by atoms with Crippen LogP contribution >= 0.6 is 0 Å². The number of benzene rings is 3. The molecule has 0 heterocycles. The number of rotatable bonds is 12. The summed E-state index contributed by atoms with van der Waals surface area (Å²) < 4.78 is 55.0. The molecule has 0 spiro atoms. The lowest BCUT2D eigenvalue weighted by molar-refractivity contribution is -0.184. The van der Waals surface area contributed by atoms with Crippen LogP contribution in [0.25, 0.3) is 11.1 Å². The predicted octanol–water partition coefficient (Wildman–Crippen LogP) is 7.01. The minimum atomic E-state index is -4.47. The summed E-state index contributed by atoms with van der Waals surface area (Å²) in [5.41, 5.74) is -0.343. The van der Waals surface area contributed by atoms with Crippen molar-refractivity contribution in [2.75, 3.05) is 25.1 Å². The molecule has 3 aromatic rings. The molecule has 0 saturated heterocycles. The summed E-state index contributed by atoms with van der Waals surface area (Å²) in [5, 5.41) is 2.77. The van der Waals surface area contributed by atoms with Crippen molar-refractivity contribution in [2.24, 2.45) is 11.3 Å². The van der Waals surface area contributed by atoms with Gasteiger partial charge in [0.25, 0.3) is 5.91 Å². The van der Waals surface area contributed by atoms with Gasteiger partial charge in [0.1, 0.15) is 6.61 Å². The number of amides is 1. The molecule has 11 heteroatoms. The molecule has 1 N–H and O–H groups in total. The van der Waals surface area contributed by atoms with Crippen molar-refractivity contribution in [3.05, 3.63) is 89.5 Å². The summed E-state index contributed by atoms with van der Waals surface area (Å²) in [6, 6.07) is 17.6. The van der Waals surface area contributed by atoms with Crippen LogP contribution in [0.15, 0.2) is 72.8 Å². The Kier molecular flexibility index (Phi) is 11.2. The maximum Gasteiger partial charge on any atom is 0.416 e. The van der Waals surface area contributed by atoms with Crippen LogP contribution in [-0.2, 0) is 41.2 Å². The van der Waals surface area contributed by atoms with E-state index in [1.165, 1.54) is 12.1 Å². The molecular formula is C35H36F3NO7. The molecule has 0 unspecified atom stereocenters. The second kappa shape index (κ2) is 15.1. The maximum atomic E-state index is 13.1. The van der Waals surface area contributed by atoms with Crippen molar-refractivity contribution >= 4 is 29.5 Å². The molecule has 1 aliphatic rings. The molecule has 0 aliphatic heterocycles. The van der Waals surface area contributed by atoms with Crippen LogP contribution in [-0.4, -0.2) is 43.6 Å². The van der Waals surface area contributed by atoms with Gasteiger partial charge in [-0.05, 0) is 79.6 Å². The molecule has 46 heavy (non-hydrogen) atoms. The van der Waals surface area contributed by atoms with E-state index in [4.69, 9.17) is 14.2 Å². The second-order valence-electron chi connectivity index (χ2n) is 11.0. The van der Waals surface area contributed by atoms with Gasteiger partial charge < -0.3 is 19.5 Å². The first-order valence-corrected chi connectivity index (χ1v) is 15.2. The highest BCUT2D eigenvalue weighted by atomic mass is 19.4. The summed E-state index contributed by atoms with van der Waals surface area (Å²) in [4.78, 5) is 52.3. The summed E-state index contributed by atoms with van der Waals surface area (Å²) >= 11 is 0. The fraction of sp³-hybridized carbons (Fsp3) is 0.371. The van der Waals surface area contributed by atoms with Gasteiger partial charge in [-0.15, -0.1) is 0 Å². The number of halogens is 3. The van der Waals surface area contributed by atoms with Crippen LogP contribution < -0.4 is 5.32 Å². The van der Waals surface area contributed by atoms with E-state index in [2.05, 4.69) is 5.32 Å². The fourth-order valence-corrected chi connectivity index (χ4v) is 5.68. The van der Waals surface area contributed by atoms with Crippen molar-refractivity contribution in [3.63, 3.8) is 0 Å². The van der Waals surface area contributed by atoms with E-state index < -0.39 is 47.6 Å². The molecule has 0 radical (unpaired) electrons. The summed E-state index contributed by atoms with van der Waals surface area (Å²) in [6.45, 7) is 2.91. The standard InChI is InChI=1S/C35H36F3NO7/c1-3-44-32(42)34(33(43)45-4-2,25-9-5-6-10-25)22-46-30(40)21-23-13-19-27(20-14-23)39-31(41)29-12-8-7-11-28(29)24-15-17-26(18-16-24)35(36,37)38/h7-8,11-20,25H,3-6,9-10,21-22H2,1-2H3,(H,39,41). The molecule has 1 saturated carbocycles. The number of ether oxygens (including phenoxy) is 3. The minimum absolute atomic E-state index is 0.0597. The molecule has 0 bridgehead atoms. The molecular weight excluding hydrogens is 603 g/mol. The van der Waals surface area contributed by atoms with Gasteiger partial charge in [-0.25, -0.2) is 0 Å². The Balaban J connectivity index is 1.42. The number of carbonyl (C=O) groups is 4. The van der Waals surface area contributed by atoms with Crippen LogP contribution in [0.3, 0.4) is 0 Å². The fourth-order valence-electron chi connectivity index (χ4n) is 5.68. The first-order chi connectivity index (χ1) is 22.0. The number of anilines is 1. The van der Waals surface area contributed by atoms with Gasteiger partial charge in [0.2, 0.25) is 5.41 Å². The minimum Gasteiger partial charge on any atom is -0.465 e. The highest BCUT2D eigenvalue weighted by Crippen LogP contribution is 2.43. The smallest absolute Gasteiger partial charge is 0.416 e. The van der Waals surface area contributed by atoms with Gasteiger partial charge in [0, 0.05) is 11.3 Å². The number of carbonyl (C=O) groups excluding carboxylic acids is 4. The van der Waals surface area contributed by atoms with Crippen LogP contribution in [0.5, 0.6) is 0 Å². The highest BCUT2D eigenvalue weighted by Gasteiger charge is 2.56. The first-order valence-electron chi connectivity index (χ1n) is 15.2. The zero-order chi connectivity index (χ0) is 33.3. The van der Waals surface area contributed by atoms with Crippen LogP contribution in [0, 0.1) is 11.3 Å². The van der Waals surface area contributed by atoms with Crippen molar-refractivity contribution < 1.29 is 46.6 Å². The van der Waals surface area contributed by atoms with Crippen LogP contribution in [0.4, 0.5) is 18.9 Å². The zero-order valence-electron chi connectivity index (χ0n) is 25.7. The van der Waals surface area contributed by atoms with Crippen molar-refractivity contribution in [2.45, 2.75) is 52.1 Å². The third kappa shape index (κ3) is 7.94. The molecule has 8 nitrogen and oxygen atoms in total. The number of hydrogen-bond donors (Lipinski definition) is 1. The SMILES string of the molecule is CCOC(=O)C(COC(=O)Cc1ccc(NC(=O)c2ccccc2-c2ccc(C(F)(F)F)cc2)cc1)(C(=O)OCC)C1CCCC1. The molecule has 244 valence electrons. The van der Waals surface area contributed by atoms with E-state index in [0.717, 1.165) is 25.0 Å². The van der Waals surface area contributed by atoms with Crippen LogP contribution in [0.1, 0.15) is 61.0 Å². The summed E-state index contributed by atoms with van der Waals surface area (Å²) in [6.07, 6.45) is -1.74. The third-order valence-electron chi connectivity index (χ3n) is 8.05. The van der Waals surface area contributed by atoms with E-state index >= 15 is 0 Å². The van der Waals surface area contributed by atoms with E-state index in [1.807, 2.05) is 0 Å². The lowest BCUT2D eigenvalue weighted by atomic mass is 9.74. The van der Waals surface area contributed by atoms with E-state index in [0.29, 0.717) is 35.2 Å². The molecule has 0 aromatic heterocycles. The Hall–Kier alpha value is -4.67. The number of esters is 3. The van der Waals surface area contributed by atoms with E-state index in [9.17, 15) is 32.3 Å². The first kappa shape index (κ1) is 34.2. The lowest BCUT2D eigenvalue weighted by Gasteiger charge is -2.33. The molecule has 4 rings (SSSR count). The Morgan fingerprint density at radius 1 is 0.783 bits per heavy atom. The Bertz CT molecular complexity index is 1510. The number of alkyl halides is 3. The topological polar surface area (TPSA) is 108 Å². The quantitative estimate of drug-likeness (QED) is 0.129. The summed E-state index contributed by atoms with van der Waals surface area (Å²) in [7, 11) is 0. The highest BCUT2D eigenvalue weighted by molar-refractivity contribution is 6.08. The molecule has 1 amide bonds. The van der Waals surface area contributed by atoms with Gasteiger partial charge in [0.05, 0.1) is 25.2 Å². The third-order valence-corrected chi connectivity index (χ3v) is 8.05. The Morgan fingerprint density at radius 3 is 1.93 bits per heavy atom. The van der Waals surface area contributed by atoms with Gasteiger partial charge >= 0.3 is 24.1 Å². The average molecular weight is 640 g/mol. The zero-order valence-corrected chi connectivity index (χ0v) is 25.7. The molecule has 0 atom stereocenters. The van der Waals surface area contributed by atoms with E-state index in [-0.39, 0.29) is 31.1 Å². The Morgan fingerprint density at radius 2 is 1.37 bits per heavy atom. The lowest BCUT2D eigenvalue weighted by Crippen LogP contribution is -2.51. The van der Waals surface area contributed by atoms with Crippen molar-refractivity contribution in [1.82, 2.24) is 0 Å². The Labute approximate surface area is 265 Å². The second-order valence-corrected chi connectivity index (χ2v) is 11.0. The molecule has 1 fully saturated rings. The van der Waals surface area contributed by atoms with Gasteiger partial charge in [-0.3, -0.25) is 19.2 Å². The van der Waals surface area contributed by atoms with Gasteiger partial charge in [0.15, 0.2) is 0 Å². The van der Waals surface area contributed by atoms with Crippen molar-refractivity contribution in [3.8, 4) is 11.1 Å². The number of nitrogens with one attached hydrogen (secondary N) is 1. The van der Waals surface area contributed by atoms with Crippen molar-refractivity contribution in [1.29, 1.82) is 0 Å². The average Bonchev–Trinajstić information content (AvgIpc) is 3.58. The molecule has 3 aromatic carbocycles. The van der Waals surface area contributed by atoms with Gasteiger partial charge in [-0.2, -0.15) is 13.2 Å². The van der Waals surface area contributed by atoms with Gasteiger partial charge in [-0.1, -0.05) is 55.3 Å². The summed E-state index contributed by atoms with van der Waals surface area (Å²) in [5.74, 6) is -3.01. The maximum absolute atomic E-state index is 13.1. The normalized spacial score (nSPS) is 13.6. The van der Waals surface area contributed by atoms with E-state index in [1.54, 1.807) is 62.4 Å². The predicted molar refractivity (Wildman–Crippen MR) is 164 cm³/mol. The monoisotopic (exact) mass is 639 g/mol. The largest absolute Gasteiger partial charge is 0.465 e. The number of hydrogen-bond acceptors (Lipinski definition) is 7. The van der Waals surface area contributed by atoms with Crippen LogP contribution in [0.2, 0.25) is 0 Å². The molecule has 1 aliphatic carbocycles.